The van der Waals surface area contributed by atoms with E-state index in [-0.39, 0.29) is 5.97 Å². The van der Waals surface area contributed by atoms with Gasteiger partial charge in [0.05, 0.1) is 17.2 Å². The molecule has 0 N–H and O–H groups in total. The van der Waals surface area contributed by atoms with Crippen molar-refractivity contribution in [3.05, 3.63) is 35.1 Å². The lowest BCUT2D eigenvalue weighted by Crippen LogP contribution is -2.01. The van der Waals surface area contributed by atoms with Gasteiger partial charge in [-0.3, -0.25) is 0 Å². The number of carbonyl (C=O) groups is 1. The van der Waals surface area contributed by atoms with Gasteiger partial charge >= 0.3 is 5.97 Å². The summed E-state index contributed by atoms with van der Waals surface area (Å²) in [5, 5.41) is 0. The molecule has 0 aliphatic carbocycles. The van der Waals surface area contributed by atoms with Crippen molar-refractivity contribution in [2.75, 3.05) is 6.61 Å². The topological polar surface area (TPSA) is 52.1 Å². The maximum Gasteiger partial charge on any atom is 0.348 e. The fourth-order valence-electron chi connectivity index (χ4n) is 1.38. The summed E-state index contributed by atoms with van der Waals surface area (Å²) in [5.41, 5.74) is 0.832. The monoisotopic (exact) mass is 248 g/mol. The molecule has 0 aliphatic heterocycles. The van der Waals surface area contributed by atoms with Crippen LogP contribution < -0.4 is 0 Å². The second-order valence-electron chi connectivity index (χ2n) is 3.37. The Morgan fingerprint density at radius 3 is 2.94 bits per heavy atom. The number of carbonyl (C=O) groups excluding carboxylic acids is 1. The van der Waals surface area contributed by atoms with Crippen LogP contribution in [-0.2, 0) is 4.74 Å². The molecule has 88 valence electrons. The van der Waals surface area contributed by atoms with E-state index in [1.165, 1.54) is 11.3 Å². The van der Waals surface area contributed by atoms with Crippen molar-refractivity contribution in [1.82, 2.24) is 9.97 Å². The van der Waals surface area contributed by atoms with E-state index in [1.807, 2.05) is 19.1 Å². The molecule has 4 nitrogen and oxygen atoms in total. The van der Waals surface area contributed by atoms with Crippen molar-refractivity contribution in [3.8, 4) is 10.6 Å². The molecule has 0 aliphatic rings. The molecule has 5 heteroatoms. The molecule has 0 radical (unpaired) electrons. The molecule has 2 rings (SSSR count). The van der Waals surface area contributed by atoms with Crippen molar-refractivity contribution in [3.63, 3.8) is 0 Å². The van der Waals surface area contributed by atoms with E-state index >= 15 is 0 Å². The largest absolute Gasteiger partial charge is 0.462 e. The molecule has 0 bridgehead atoms. The summed E-state index contributed by atoms with van der Waals surface area (Å²) in [7, 11) is 0. The van der Waals surface area contributed by atoms with Crippen LogP contribution in [0.1, 0.15) is 22.4 Å². The van der Waals surface area contributed by atoms with Gasteiger partial charge in [-0.05, 0) is 32.0 Å². The van der Waals surface area contributed by atoms with Crippen LogP contribution in [0.15, 0.2) is 24.4 Å². The summed E-state index contributed by atoms with van der Waals surface area (Å²) < 4.78 is 4.94. The zero-order valence-corrected chi connectivity index (χ0v) is 10.5. The van der Waals surface area contributed by atoms with Gasteiger partial charge in [0.25, 0.3) is 0 Å². The van der Waals surface area contributed by atoms with Crippen molar-refractivity contribution >= 4 is 17.3 Å². The fraction of sp³-hybridized carbons (Fsp3) is 0.250. The van der Waals surface area contributed by atoms with E-state index in [9.17, 15) is 4.79 Å². The fourth-order valence-corrected chi connectivity index (χ4v) is 2.25. The molecular weight excluding hydrogens is 236 g/mol. The number of hydrogen-bond donors (Lipinski definition) is 0. The third-order valence-corrected chi connectivity index (χ3v) is 3.20. The smallest absolute Gasteiger partial charge is 0.348 e. The van der Waals surface area contributed by atoms with Crippen LogP contribution in [0.4, 0.5) is 0 Å². The van der Waals surface area contributed by atoms with Gasteiger partial charge in [0, 0.05) is 6.20 Å². The van der Waals surface area contributed by atoms with Gasteiger partial charge in [0.15, 0.2) is 0 Å². The molecule has 0 saturated heterocycles. The molecule has 2 heterocycles. The van der Waals surface area contributed by atoms with Crippen LogP contribution in [0.5, 0.6) is 0 Å². The van der Waals surface area contributed by atoms with Crippen molar-refractivity contribution in [2.24, 2.45) is 0 Å². The van der Waals surface area contributed by atoms with Crippen LogP contribution in [-0.4, -0.2) is 22.5 Å². The maximum absolute atomic E-state index is 11.5. The molecule has 17 heavy (non-hydrogen) atoms. The van der Waals surface area contributed by atoms with Gasteiger partial charge in [-0.25, -0.2) is 14.8 Å². The quantitative estimate of drug-likeness (QED) is 0.784. The lowest BCUT2D eigenvalue weighted by molar-refractivity contribution is 0.0532. The number of ether oxygens (including phenoxy) is 1. The van der Waals surface area contributed by atoms with E-state index in [4.69, 9.17) is 4.74 Å². The molecular formula is C12H12N2O2S. The Hall–Kier alpha value is -1.75. The maximum atomic E-state index is 11.5. The number of thiophene rings is 1. The molecule has 0 aromatic carbocycles. The van der Waals surface area contributed by atoms with Crippen LogP contribution in [0, 0.1) is 6.92 Å². The van der Waals surface area contributed by atoms with E-state index in [0.29, 0.717) is 17.3 Å². The second-order valence-corrected chi connectivity index (χ2v) is 4.46. The van der Waals surface area contributed by atoms with Crippen LogP contribution in [0.25, 0.3) is 10.6 Å². The summed E-state index contributed by atoms with van der Waals surface area (Å²) in [4.78, 5) is 21.4. The third-order valence-electron chi connectivity index (χ3n) is 2.11. The molecule has 2 aromatic heterocycles. The highest BCUT2D eigenvalue weighted by molar-refractivity contribution is 7.17. The normalized spacial score (nSPS) is 10.2. The van der Waals surface area contributed by atoms with Crippen LogP contribution in [0.3, 0.4) is 0 Å². The molecule has 0 fully saturated rings. The average Bonchev–Trinajstić information content (AvgIpc) is 2.78. The van der Waals surface area contributed by atoms with Crippen molar-refractivity contribution < 1.29 is 9.53 Å². The zero-order valence-electron chi connectivity index (χ0n) is 9.64. The Bertz CT molecular complexity index is 537. The van der Waals surface area contributed by atoms with Gasteiger partial charge < -0.3 is 4.74 Å². The summed E-state index contributed by atoms with van der Waals surface area (Å²) in [6.45, 7) is 4.02. The van der Waals surface area contributed by atoms with E-state index < -0.39 is 0 Å². The van der Waals surface area contributed by atoms with E-state index in [1.54, 1.807) is 19.2 Å². The molecule has 0 saturated carbocycles. The minimum absolute atomic E-state index is 0.283. The SMILES string of the molecule is CCOC(=O)c1ccc(-c2ccnc(C)n2)s1. The first-order chi connectivity index (χ1) is 8.20. The molecule has 0 atom stereocenters. The lowest BCUT2D eigenvalue weighted by Gasteiger charge is -1.98. The Balaban J connectivity index is 2.27. The summed E-state index contributed by atoms with van der Waals surface area (Å²) in [5.74, 6) is 0.433. The predicted octanol–water partition coefficient (Wildman–Crippen LogP) is 2.69. The zero-order chi connectivity index (χ0) is 12.3. The predicted molar refractivity (Wildman–Crippen MR) is 66.0 cm³/mol. The molecule has 0 amide bonds. The van der Waals surface area contributed by atoms with E-state index in [0.717, 1.165) is 10.6 Å². The summed E-state index contributed by atoms with van der Waals surface area (Å²) >= 11 is 1.38. The van der Waals surface area contributed by atoms with Gasteiger partial charge in [-0.2, -0.15) is 0 Å². The second kappa shape index (κ2) is 5.05. The lowest BCUT2D eigenvalue weighted by atomic mass is 10.3. The van der Waals surface area contributed by atoms with Gasteiger partial charge in [-0.1, -0.05) is 0 Å². The Morgan fingerprint density at radius 1 is 1.41 bits per heavy atom. The number of aryl methyl sites for hydroxylation is 1. The van der Waals surface area contributed by atoms with Gasteiger partial charge in [-0.15, -0.1) is 11.3 Å². The van der Waals surface area contributed by atoms with Crippen LogP contribution in [0.2, 0.25) is 0 Å². The average molecular weight is 248 g/mol. The Labute approximate surface area is 103 Å². The van der Waals surface area contributed by atoms with Crippen molar-refractivity contribution in [2.45, 2.75) is 13.8 Å². The Kier molecular flexibility index (Phi) is 3.49. The highest BCUT2D eigenvalue weighted by Crippen LogP contribution is 2.26. The minimum atomic E-state index is -0.283. The highest BCUT2D eigenvalue weighted by Gasteiger charge is 2.11. The number of esters is 1. The number of nitrogens with zero attached hydrogens (tertiary/aromatic N) is 2. The Morgan fingerprint density at radius 2 is 2.24 bits per heavy atom. The first-order valence-electron chi connectivity index (χ1n) is 5.27. The third kappa shape index (κ3) is 2.68. The van der Waals surface area contributed by atoms with Crippen LogP contribution >= 0.6 is 11.3 Å². The summed E-state index contributed by atoms with van der Waals surface area (Å²) in [6.07, 6.45) is 1.71. The number of rotatable bonds is 3. The minimum Gasteiger partial charge on any atom is -0.462 e. The van der Waals surface area contributed by atoms with Crippen molar-refractivity contribution in [1.29, 1.82) is 0 Å². The molecule has 0 spiro atoms. The molecule has 2 aromatic rings. The number of hydrogen-bond acceptors (Lipinski definition) is 5. The molecule has 0 unspecified atom stereocenters. The standard InChI is InChI=1S/C12H12N2O2S/c1-3-16-12(15)11-5-4-10(17-11)9-6-7-13-8(2)14-9/h4-7H,3H2,1-2H3. The van der Waals surface area contributed by atoms with Gasteiger partial charge in [0.1, 0.15) is 10.7 Å². The first kappa shape index (κ1) is 11.7. The van der Waals surface area contributed by atoms with Gasteiger partial charge in [0.2, 0.25) is 0 Å². The first-order valence-corrected chi connectivity index (χ1v) is 6.09. The van der Waals surface area contributed by atoms with E-state index in [2.05, 4.69) is 9.97 Å². The summed E-state index contributed by atoms with van der Waals surface area (Å²) in [6, 6.07) is 5.46. The highest BCUT2D eigenvalue weighted by atomic mass is 32.1. The number of aromatic nitrogens is 2.